The summed E-state index contributed by atoms with van der Waals surface area (Å²) in [5.74, 6) is 0.405. The highest BCUT2D eigenvalue weighted by Gasteiger charge is 2.47. The van der Waals surface area contributed by atoms with Crippen LogP contribution in [0.25, 0.3) is 11.3 Å². The van der Waals surface area contributed by atoms with Crippen molar-refractivity contribution in [1.29, 1.82) is 0 Å². The molecular weight excluding hydrogens is 475 g/mol. The Labute approximate surface area is 206 Å². The van der Waals surface area contributed by atoms with Crippen LogP contribution in [0, 0.1) is 11.2 Å². The molecule has 0 radical (unpaired) electrons. The Morgan fingerprint density at radius 3 is 2.59 bits per heavy atom. The molecule has 2 saturated heterocycles. The van der Waals surface area contributed by atoms with Crippen LogP contribution in [0.4, 0.5) is 10.2 Å². The van der Waals surface area contributed by atoms with Gasteiger partial charge < -0.3 is 25.2 Å². The van der Waals surface area contributed by atoms with E-state index >= 15 is 0 Å². The van der Waals surface area contributed by atoms with Crippen molar-refractivity contribution in [3.05, 3.63) is 34.9 Å². The minimum absolute atomic E-state index is 0. The summed E-state index contributed by atoms with van der Waals surface area (Å²) in [6.07, 6.45) is 3.30. The number of piperidine rings is 1. The second-order valence-electron chi connectivity index (χ2n) is 8.01. The molecule has 7 nitrogen and oxygen atoms in total. The lowest BCUT2D eigenvalue weighted by molar-refractivity contribution is 0.0973. The number of halogens is 2. The Morgan fingerprint density at radius 1 is 1.34 bits per heavy atom. The lowest BCUT2D eigenvalue weighted by atomic mass is 9.73. The second kappa shape index (κ2) is 10.8. The smallest absolute Gasteiger partial charge is 0.152 e. The molecule has 32 heavy (non-hydrogen) atoms. The van der Waals surface area contributed by atoms with Crippen molar-refractivity contribution in [2.24, 2.45) is 11.1 Å². The molecule has 2 aromatic rings. The van der Waals surface area contributed by atoms with Gasteiger partial charge in [-0.2, -0.15) is 27.0 Å². The molecule has 0 bridgehead atoms. The fourth-order valence-electron chi connectivity index (χ4n) is 4.47. The van der Waals surface area contributed by atoms with Crippen molar-refractivity contribution >= 4 is 44.4 Å². The van der Waals surface area contributed by atoms with Crippen LogP contribution in [0.15, 0.2) is 18.3 Å². The number of anilines is 1. The van der Waals surface area contributed by atoms with Gasteiger partial charge in [-0.05, 0) is 31.9 Å². The minimum atomic E-state index is -0.531. The number of rotatable bonds is 4. The van der Waals surface area contributed by atoms with E-state index in [-0.39, 0.29) is 67.4 Å². The van der Waals surface area contributed by atoms with Crippen LogP contribution in [-0.4, -0.2) is 54.0 Å². The van der Waals surface area contributed by atoms with Crippen LogP contribution >= 0.6 is 38.6 Å². The predicted molar refractivity (Wildman–Crippen MR) is 133 cm³/mol. The molecule has 2 atom stereocenters. The summed E-state index contributed by atoms with van der Waals surface area (Å²) in [6.45, 7) is 3.84. The molecule has 0 aliphatic carbocycles. The molecule has 3 N–H and O–H groups in total. The van der Waals surface area contributed by atoms with E-state index in [1.807, 2.05) is 6.92 Å². The van der Waals surface area contributed by atoms with Crippen LogP contribution in [-0.2, 0) is 11.3 Å². The lowest BCUT2D eigenvalue weighted by Crippen LogP contribution is -2.51. The third-order valence-corrected chi connectivity index (χ3v) is 6.78. The Bertz CT molecular complexity index is 948. The highest BCUT2D eigenvalue weighted by atomic mass is 35.5. The van der Waals surface area contributed by atoms with Crippen LogP contribution < -0.4 is 15.4 Å². The average Bonchev–Trinajstić information content (AvgIpc) is 3.03. The molecule has 4 rings (SSSR count). The third-order valence-electron chi connectivity index (χ3n) is 6.41. The number of ether oxygens (including phenoxy) is 2. The Balaban J connectivity index is 0.00000181. The molecule has 3 heterocycles. The van der Waals surface area contributed by atoms with Gasteiger partial charge in [-0.25, -0.2) is 14.4 Å². The standard InChI is InChI=1S/C21H26ClFN4O3.2H2S/c1-12-19(24)21(11-30-12)5-7-27(8-6-21)20-15(10-28)26-14(9-25-20)17-13(23)3-4-16(29-2)18(17)22;;/h3-4,9,12,19,28H,5-8,10-11,24H2,1-2H3;2*1H2/t12-,19+;;/m0../s1. The minimum Gasteiger partial charge on any atom is -0.495 e. The van der Waals surface area contributed by atoms with Gasteiger partial charge in [-0.1, -0.05) is 11.6 Å². The molecule has 0 saturated carbocycles. The van der Waals surface area contributed by atoms with Crippen LogP contribution in [0.2, 0.25) is 5.02 Å². The van der Waals surface area contributed by atoms with E-state index in [0.717, 1.165) is 25.9 Å². The van der Waals surface area contributed by atoms with E-state index in [4.69, 9.17) is 26.8 Å². The van der Waals surface area contributed by atoms with Crippen LogP contribution in [0.5, 0.6) is 5.75 Å². The number of nitrogens with zero attached hydrogens (tertiary/aromatic N) is 3. The summed E-state index contributed by atoms with van der Waals surface area (Å²) in [7, 11) is 1.46. The monoisotopic (exact) mass is 504 g/mol. The summed E-state index contributed by atoms with van der Waals surface area (Å²) in [5, 5.41) is 10.0. The first kappa shape index (κ1) is 26.9. The number of aliphatic hydroxyl groups is 1. The zero-order valence-corrected chi connectivity index (χ0v) is 20.8. The zero-order chi connectivity index (χ0) is 21.5. The van der Waals surface area contributed by atoms with Crippen molar-refractivity contribution in [2.45, 2.75) is 38.5 Å². The molecule has 0 amide bonds. The number of hydrogen-bond donors (Lipinski definition) is 2. The molecule has 2 fully saturated rings. The average molecular weight is 505 g/mol. The topological polar surface area (TPSA) is 93.7 Å². The zero-order valence-electron chi connectivity index (χ0n) is 18.1. The van der Waals surface area contributed by atoms with Crippen molar-refractivity contribution in [2.75, 3.05) is 31.7 Å². The van der Waals surface area contributed by atoms with E-state index in [1.165, 1.54) is 25.4 Å². The fourth-order valence-corrected chi connectivity index (χ4v) is 4.80. The van der Waals surface area contributed by atoms with Crippen molar-refractivity contribution in [3.8, 4) is 17.0 Å². The summed E-state index contributed by atoms with van der Waals surface area (Å²) >= 11 is 6.30. The van der Waals surface area contributed by atoms with Crippen LogP contribution in [0.1, 0.15) is 25.5 Å². The third kappa shape index (κ3) is 4.67. The first-order chi connectivity index (χ1) is 14.4. The van der Waals surface area contributed by atoms with E-state index in [0.29, 0.717) is 23.9 Å². The van der Waals surface area contributed by atoms with Gasteiger partial charge >= 0.3 is 0 Å². The first-order valence-electron chi connectivity index (χ1n) is 10.0. The number of aliphatic hydroxyl groups excluding tert-OH is 1. The van der Waals surface area contributed by atoms with Crippen LogP contribution in [0.3, 0.4) is 0 Å². The van der Waals surface area contributed by atoms with Gasteiger partial charge in [0.15, 0.2) is 5.82 Å². The van der Waals surface area contributed by atoms with Gasteiger partial charge in [0.05, 0.1) is 48.9 Å². The Morgan fingerprint density at radius 2 is 2.03 bits per heavy atom. The van der Waals surface area contributed by atoms with Gasteiger partial charge in [-0.3, -0.25) is 0 Å². The molecule has 2 aliphatic heterocycles. The summed E-state index contributed by atoms with van der Waals surface area (Å²) < 4.78 is 25.4. The molecule has 1 aromatic carbocycles. The molecular formula is C21H30ClFN4O3S2. The molecule has 1 spiro atoms. The van der Waals surface area contributed by atoms with Gasteiger partial charge in [-0.15, -0.1) is 0 Å². The second-order valence-corrected chi connectivity index (χ2v) is 8.39. The van der Waals surface area contributed by atoms with Gasteiger partial charge in [0, 0.05) is 24.5 Å². The van der Waals surface area contributed by atoms with E-state index in [1.54, 1.807) is 0 Å². The number of benzene rings is 1. The maximum Gasteiger partial charge on any atom is 0.152 e. The van der Waals surface area contributed by atoms with E-state index in [9.17, 15) is 9.50 Å². The Hall–Kier alpha value is -1.30. The van der Waals surface area contributed by atoms with E-state index in [2.05, 4.69) is 14.9 Å². The maximum atomic E-state index is 14.5. The van der Waals surface area contributed by atoms with Gasteiger partial charge in [0.2, 0.25) is 0 Å². The summed E-state index contributed by atoms with van der Waals surface area (Å²) in [4.78, 5) is 11.1. The highest BCUT2D eigenvalue weighted by molar-refractivity contribution is 7.59. The molecule has 2 aliphatic rings. The molecule has 11 heteroatoms. The normalized spacial score (nSPS) is 21.8. The van der Waals surface area contributed by atoms with Crippen molar-refractivity contribution in [1.82, 2.24) is 9.97 Å². The number of hydrogen-bond acceptors (Lipinski definition) is 7. The number of nitrogens with two attached hydrogens (primary N) is 1. The maximum absolute atomic E-state index is 14.5. The molecule has 0 unspecified atom stereocenters. The quantitative estimate of drug-likeness (QED) is 0.661. The number of aromatic nitrogens is 2. The predicted octanol–water partition coefficient (Wildman–Crippen LogP) is 3.00. The summed E-state index contributed by atoms with van der Waals surface area (Å²) in [6, 6.07) is 2.74. The fraction of sp³-hybridized carbons (Fsp3) is 0.524. The van der Waals surface area contributed by atoms with Gasteiger partial charge in [0.1, 0.15) is 17.3 Å². The summed E-state index contributed by atoms with van der Waals surface area (Å²) in [5.41, 5.74) is 7.11. The highest BCUT2D eigenvalue weighted by Crippen LogP contribution is 2.42. The SMILES string of the molecule is COc1ccc(F)c(-c2cnc(N3CCC4(CC3)CO[C@@H](C)[C@H]4N)c(CO)n2)c1Cl.S.S. The largest absolute Gasteiger partial charge is 0.495 e. The molecule has 178 valence electrons. The molecule has 1 aromatic heterocycles. The lowest BCUT2D eigenvalue weighted by Gasteiger charge is -2.41. The van der Waals surface area contributed by atoms with Crippen molar-refractivity contribution < 1.29 is 19.0 Å². The van der Waals surface area contributed by atoms with E-state index < -0.39 is 5.82 Å². The van der Waals surface area contributed by atoms with Crippen molar-refractivity contribution in [3.63, 3.8) is 0 Å². The first-order valence-corrected chi connectivity index (χ1v) is 10.4. The Kier molecular flexibility index (Phi) is 9.05. The van der Waals surface area contributed by atoms with Gasteiger partial charge in [0.25, 0.3) is 0 Å². The number of methoxy groups -OCH3 is 1.